The van der Waals surface area contributed by atoms with Crippen molar-refractivity contribution in [3.05, 3.63) is 76.5 Å². The highest BCUT2D eigenvalue weighted by atomic mass is 32.2. The number of hydrogen-bond donors (Lipinski definition) is 0. The largest absolute Gasteiger partial charge is 0.497 e. The van der Waals surface area contributed by atoms with E-state index in [1.54, 1.807) is 34.8 Å². The number of nitrogens with zero attached hydrogens (tertiary/aromatic N) is 3. The van der Waals surface area contributed by atoms with Gasteiger partial charge in [-0.25, -0.2) is 9.99 Å². The predicted molar refractivity (Wildman–Crippen MR) is 128 cm³/mol. The molecule has 156 valence electrons. The van der Waals surface area contributed by atoms with Gasteiger partial charge in [0.2, 0.25) is 0 Å². The number of rotatable bonds is 6. The lowest BCUT2D eigenvalue weighted by atomic mass is 10.0. The van der Waals surface area contributed by atoms with Gasteiger partial charge in [-0.3, -0.25) is 4.79 Å². The lowest BCUT2D eigenvalue weighted by Crippen LogP contribution is -2.28. The van der Waals surface area contributed by atoms with Gasteiger partial charge in [-0.15, -0.1) is 22.7 Å². The summed E-state index contributed by atoms with van der Waals surface area (Å²) in [4.78, 5) is 18.9. The molecule has 0 saturated carbocycles. The number of amides is 1. The first-order chi connectivity index (χ1) is 15.2. The van der Waals surface area contributed by atoms with Crippen molar-refractivity contribution in [3.8, 4) is 5.75 Å². The molecule has 4 aromatic rings. The number of fused-ring (bicyclic) bond motifs is 1. The monoisotopic (exact) mass is 465 g/mol. The number of ether oxygens (including phenoxy) is 1. The number of methoxy groups -OCH3 is 1. The number of thiophene rings is 1. The number of thiazole rings is 1. The normalized spacial score (nSPS) is 16.0. The minimum atomic E-state index is -0.119. The summed E-state index contributed by atoms with van der Waals surface area (Å²) in [5, 5.41) is 8.42. The first-order valence-electron chi connectivity index (χ1n) is 9.77. The number of hydrazone groups is 1. The molecule has 8 heteroatoms. The Morgan fingerprint density at radius 2 is 2.00 bits per heavy atom. The topological polar surface area (TPSA) is 54.8 Å². The highest BCUT2D eigenvalue weighted by molar-refractivity contribution is 8.01. The fraction of sp³-hybridized carbons (Fsp3) is 0.174. The molecule has 0 saturated heterocycles. The van der Waals surface area contributed by atoms with Gasteiger partial charge >= 0.3 is 0 Å². The van der Waals surface area contributed by atoms with Crippen LogP contribution in [0.4, 0.5) is 0 Å². The Kier molecular flexibility index (Phi) is 5.76. The quantitative estimate of drug-likeness (QED) is 0.336. The molecule has 0 fully saturated rings. The van der Waals surface area contributed by atoms with Gasteiger partial charge in [0, 0.05) is 6.42 Å². The van der Waals surface area contributed by atoms with Gasteiger partial charge in [0.1, 0.15) is 5.75 Å². The van der Waals surface area contributed by atoms with E-state index in [0.717, 1.165) is 36.5 Å². The van der Waals surface area contributed by atoms with E-state index in [1.165, 1.54) is 11.8 Å². The first-order valence-corrected chi connectivity index (χ1v) is 12.4. The van der Waals surface area contributed by atoms with Gasteiger partial charge < -0.3 is 4.74 Å². The molecule has 0 aliphatic carbocycles. The van der Waals surface area contributed by atoms with E-state index in [1.807, 2.05) is 53.9 Å². The SMILES string of the molecule is COc1ccc([C@@H]2CC(c3cccs3)=NN2C(=O)CSc2nc3ccccc3s2)cc1. The van der Waals surface area contributed by atoms with Gasteiger partial charge in [-0.1, -0.05) is 42.1 Å². The number of hydrogen-bond acceptors (Lipinski definition) is 7. The summed E-state index contributed by atoms with van der Waals surface area (Å²) in [6, 6.07) is 19.9. The summed E-state index contributed by atoms with van der Waals surface area (Å²) >= 11 is 4.73. The van der Waals surface area contributed by atoms with Crippen LogP contribution >= 0.6 is 34.4 Å². The van der Waals surface area contributed by atoms with E-state index in [4.69, 9.17) is 9.84 Å². The predicted octanol–water partition coefficient (Wildman–Crippen LogP) is 5.84. The van der Waals surface area contributed by atoms with Gasteiger partial charge in [0.15, 0.2) is 4.34 Å². The smallest absolute Gasteiger partial charge is 0.253 e. The van der Waals surface area contributed by atoms with Crippen LogP contribution in [0.15, 0.2) is 75.5 Å². The Labute approximate surface area is 192 Å². The summed E-state index contributed by atoms with van der Waals surface area (Å²) < 4.78 is 7.31. The van der Waals surface area contributed by atoms with E-state index in [0.29, 0.717) is 12.2 Å². The van der Waals surface area contributed by atoms with Gasteiger partial charge in [-0.05, 0) is 41.3 Å². The van der Waals surface area contributed by atoms with E-state index >= 15 is 0 Å². The highest BCUT2D eigenvalue weighted by Crippen LogP contribution is 2.36. The van der Waals surface area contributed by atoms with Crippen molar-refractivity contribution in [1.29, 1.82) is 0 Å². The third kappa shape index (κ3) is 4.23. The van der Waals surface area contributed by atoms with Crippen LogP contribution in [0.3, 0.4) is 0 Å². The Morgan fingerprint density at radius 3 is 2.74 bits per heavy atom. The van der Waals surface area contributed by atoms with Crippen LogP contribution in [0.1, 0.15) is 22.9 Å². The Bertz CT molecular complexity index is 1200. The van der Waals surface area contributed by atoms with Crippen molar-refractivity contribution < 1.29 is 9.53 Å². The van der Waals surface area contributed by atoms with Crippen LogP contribution < -0.4 is 4.74 Å². The molecule has 5 nitrogen and oxygen atoms in total. The second kappa shape index (κ2) is 8.82. The summed E-state index contributed by atoms with van der Waals surface area (Å²) in [6.45, 7) is 0. The molecule has 0 unspecified atom stereocenters. The molecular formula is C23H19N3O2S3. The van der Waals surface area contributed by atoms with Crippen LogP contribution in [0.25, 0.3) is 10.2 Å². The molecule has 1 atom stereocenters. The lowest BCUT2D eigenvalue weighted by Gasteiger charge is -2.22. The second-order valence-electron chi connectivity index (χ2n) is 6.99. The van der Waals surface area contributed by atoms with Crippen LogP contribution in [-0.4, -0.2) is 34.5 Å². The first kappa shape index (κ1) is 20.2. The average molecular weight is 466 g/mol. The standard InChI is InChI=1S/C23H19N3O2S3/c1-28-16-10-8-15(9-11-16)19-13-18(20-7-4-12-29-20)25-26(19)22(27)14-30-23-24-17-5-2-3-6-21(17)31-23/h2-12,19H,13-14H2,1H3/t19-/m0/s1. The van der Waals surface area contributed by atoms with Crippen LogP contribution in [0.5, 0.6) is 5.75 Å². The zero-order valence-electron chi connectivity index (χ0n) is 16.7. The molecule has 1 amide bonds. The minimum absolute atomic E-state index is 0.0170. The summed E-state index contributed by atoms with van der Waals surface area (Å²) in [7, 11) is 1.65. The van der Waals surface area contributed by atoms with Gasteiger partial charge in [0.25, 0.3) is 5.91 Å². The van der Waals surface area contributed by atoms with Crippen molar-refractivity contribution in [1.82, 2.24) is 9.99 Å². The van der Waals surface area contributed by atoms with Crippen LogP contribution in [0.2, 0.25) is 0 Å². The molecule has 1 aliphatic rings. The Balaban J connectivity index is 1.37. The third-order valence-electron chi connectivity index (χ3n) is 5.07. The fourth-order valence-corrected chi connectivity index (χ4v) is 6.16. The number of para-hydroxylation sites is 1. The van der Waals surface area contributed by atoms with Gasteiger partial charge in [-0.2, -0.15) is 5.10 Å². The second-order valence-corrected chi connectivity index (χ2v) is 10.2. The molecule has 0 N–H and O–H groups in total. The Hall–Kier alpha value is -2.68. The van der Waals surface area contributed by atoms with Crippen molar-refractivity contribution in [3.63, 3.8) is 0 Å². The molecule has 0 spiro atoms. The van der Waals surface area contributed by atoms with Crippen molar-refractivity contribution in [2.75, 3.05) is 12.9 Å². The Morgan fingerprint density at radius 1 is 1.16 bits per heavy atom. The number of carbonyl (C=O) groups is 1. The lowest BCUT2D eigenvalue weighted by molar-refractivity contribution is -0.130. The van der Waals surface area contributed by atoms with E-state index < -0.39 is 0 Å². The van der Waals surface area contributed by atoms with Crippen LogP contribution in [0, 0.1) is 0 Å². The van der Waals surface area contributed by atoms with Crippen molar-refractivity contribution in [2.24, 2.45) is 5.10 Å². The molecule has 0 bridgehead atoms. The zero-order valence-corrected chi connectivity index (χ0v) is 19.2. The van der Waals surface area contributed by atoms with Gasteiger partial charge in [0.05, 0.1) is 39.7 Å². The number of carbonyl (C=O) groups excluding carboxylic acids is 1. The maximum absolute atomic E-state index is 13.2. The maximum Gasteiger partial charge on any atom is 0.253 e. The van der Waals surface area contributed by atoms with Crippen molar-refractivity contribution >= 4 is 56.3 Å². The average Bonchev–Trinajstić information content (AvgIpc) is 3.56. The minimum Gasteiger partial charge on any atom is -0.497 e. The van der Waals surface area contributed by atoms with Crippen LogP contribution in [-0.2, 0) is 4.79 Å². The van der Waals surface area contributed by atoms with Crippen molar-refractivity contribution in [2.45, 2.75) is 16.8 Å². The fourth-order valence-electron chi connectivity index (χ4n) is 3.52. The molecule has 31 heavy (non-hydrogen) atoms. The zero-order chi connectivity index (χ0) is 21.2. The maximum atomic E-state index is 13.2. The summed E-state index contributed by atoms with van der Waals surface area (Å²) in [5.74, 6) is 1.08. The van der Waals surface area contributed by atoms with E-state index in [-0.39, 0.29) is 11.9 Å². The number of thioether (sulfide) groups is 1. The molecule has 2 aromatic heterocycles. The molecule has 0 radical (unpaired) electrons. The number of benzene rings is 2. The highest BCUT2D eigenvalue weighted by Gasteiger charge is 2.33. The summed E-state index contributed by atoms with van der Waals surface area (Å²) in [6.07, 6.45) is 0.699. The molecule has 2 aromatic carbocycles. The molecule has 3 heterocycles. The van der Waals surface area contributed by atoms with E-state index in [9.17, 15) is 4.79 Å². The van der Waals surface area contributed by atoms with E-state index in [2.05, 4.69) is 17.1 Å². The molecular weight excluding hydrogens is 446 g/mol. The number of aromatic nitrogens is 1. The third-order valence-corrected chi connectivity index (χ3v) is 8.15. The molecule has 5 rings (SSSR count). The molecule has 1 aliphatic heterocycles. The summed E-state index contributed by atoms with van der Waals surface area (Å²) in [5.41, 5.74) is 2.97.